The van der Waals surface area contributed by atoms with E-state index in [0.29, 0.717) is 10.6 Å². The molecule has 1 aromatic heterocycles. The molecule has 31 heavy (non-hydrogen) atoms. The summed E-state index contributed by atoms with van der Waals surface area (Å²) < 4.78 is 0. The average Bonchev–Trinajstić information content (AvgIpc) is 3.29. The van der Waals surface area contributed by atoms with Crippen molar-refractivity contribution in [2.45, 2.75) is 25.8 Å². The topological polar surface area (TPSA) is 57.8 Å². The maximum atomic E-state index is 12.6. The van der Waals surface area contributed by atoms with E-state index < -0.39 is 0 Å². The lowest BCUT2D eigenvalue weighted by Crippen LogP contribution is -2.32. The quantitative estimate of drug-likeness (QED) is 0.370. The predicted octanol–water partition coefficient (Wildman–Crippen LogP) is 6.15. The molecule has 1 heterocycles. The molecule has 2 N–H and O–H groups in total. The highest BCUT2D eigenvalue weighted by Gasteiger charge is 2.11. The van der Waals surface area contributed by atoms with Gasteiger partial charge in [0, 0.05) is 22.2 Å². The molecule has 156 valence electrons. The van der Waals surface area contributed by atoms with Gasteiger partial charge in [-0.1, -0.05) is 66.2 Å². The second-order valence-electron chi connectivity index (χ2n) is 7.65. The summed E-state index contributed by atoms with van der Waals surface area (Å²) in [5, 5.41) is 11.2. The van der Waals surface area contributed by atoms with Gasteiger partial charge >= 0.3 is 0 Å². The van der Waals surface area contributed by atoms with Crippen molar-refractivity contribution in [2.24, 2.45) is 0 Å². The van der Waals surface area contributed by atoms with Crippen molar-refractivity contribution in [2.75, 3.05) is 0 Å². The van der Waals surface area contributed by atoms with Gasteiger partial charge in [-0.15, -0.1) is 0 Å². The van der Waals surface area contributed by atoms with Crippen LogP contribution in [0.25, 0.3) is 22.5 Å². The van der Waals surface area contributed by atoms with Crippen LogP contribution in [-0.4, -0.2) is 22.1 Å². The lowest BCUT2D eigenvalue weighted by atomic mass is 10.0. The fourth-order valence-corrected chi connectivity index (χ4v) is 3.57. The molecule has 4 nitrogen and oxygen atoms in total. The van der Waals surface area contributed by atoms with Gasteiger partial charge in [0.2, 0.25) is 0 Å². The molecule has 3 aromatic carbocycles. The minimum atomic E-state index is -0.0593. The monoisotopic (exact) mass is 429 g/mol. The number of aryl methyl sites for hydroxylation is 1. The molecule has 0 aliphatic carbocycles. The Bertz CT molecular complexity index is 1140. The van der Waals surface area contributed by atoms with Gasteiger partial charge < -0.3 is 5.32 Å². The van der Waals surface area contributed by atoms with E-state index in [0.717, 1.165) is 35.4 Å². The molecule has 0 fully saturated rings. The molecule has 0 saturated heterocycles. The fraction of sp³-hybridized carbons (Fsp3) is 0.154. The third kappa shape index (κ3) is 5.41. The number of nitrogens with zero attached hydrogens (tertiary/aromatic N) is 1. The van der Waals surface area contributed by atoms with E-state index in [1.54, 1.807) is 0 Å². The van der Waals surface area contributed by atoms with Crippen molar-refractivity contribution in [3.8, 4) is 22.5 Å². The van der Waals surface area contributed by atoms with Crippen LogP contribution in [0, 0.1) is 0 Å². The molecular weight excluding hydrogens is 406 g/mol. The highest BCUT2D eigenvalue weighted by Crippen LogP contribution is 2.25. The Balaban J connectivity index is 1.36. The normalized spacial score (nSPS) is 11.8. The number of carbonyl (C=O) groups is 1. The predicted molar refractivity (Wildman–Crippen MR) is 126 cm³/mol. The number of carbonyl (C=O) groups excluding carboxylic acids is 1. The maximum absolute atomic E-state index is 12.6. The number of hydrogen-bond acceptors (Lipinski definition) is 2. The van der Waals surface area contributed by atoms with Gasteiger partial charge in [0.05, 0.1) is 11.4 Å². The third-order valence-corrected chi connectivity index (χ3v) is 5.51. The van der Waals surface area contributed by atoms with Crippen LogP contribution in [-0.2, 0) is 6.42 Å². The number of hydrogen-bond donors (Lipinski definition) is 2. The molecule has 0 saturated carbocycles. The zero-order valence-corrected chi connectivity index (χ0v) is 18.1. The van der Waals surface area contributed by atoms with Crippen molar-refractivity contribution >= 4 is 17.5 Å². The molecule has 4 rings (SSSR count). The fourth-order valence-electron chi connectivity index (χ4n) is 3.45. The first kappa shape index (κ1) is 20.9. The van der Waals surface area contributed by atoms with E-state index in [1.165, 1.54) is 5.56 Å². The molecule has 1 atom stereocenters. The molecule has 0 unspecified atom stereocenters. The second-order valence-corrected chi connectivity index (χ2v) is 8.09. The molecule has 5 heteroatoms. The minimum absolute atomic E-state index is 0.0593. The Morgan fingerprint density at radius 1 is 0.968 bits per heavy atom. The van der Waals surface area contributed by atoms with E-state index in [2.05, 4.69) is 27.6 Å². The van der Waals surface area contributed by atoms with Crippen molar-refractivity contribution < 1.29 is 4.79 Å². The molecule has 0 radical (unpaired) electrons. The van der Waals surface area contributed by atoms with Gasteiger partial charge in [-0.05, 0) is 61.2 Å². The van der Waals surface area contributed by atoms with E-state index in [-0.39, 0.29) is 11.9 Å². The number of amides is 1. The second kappa shape index (κ2) is 9.63. The molecule has 0 aliphatic heterocycles. The number of nitrogens with one attached hydrogen (secondary N) is 2. The van der Waals surface area contributed by atoms with Gasteiger partial charge in [0.25, 0.3) is 5.91 Å². The molecule has 4 aromatic rings. The Kier molecular flexibility index (Phi) is 6.48. The molecule has 0 aliphatic rings. The summed E-state index contributed by atoms with van der Waals surface area (Å²) in [6.07, 6.45) is 1.84. The van der Waals surface area contributed by atoms with Gasteiger partial charge in [-0.3, -0.25) is 9.89 Å². The van der Waals surface area contributed by atoms with Crippen molar-refractivity contribution in [3.05, 3.63) is 101 Å². The first-order valence-corrected chi connectivity index (χ1v) is 10.7. The molecule has 0 spiro atoms. The van der Waals surface area contributed by atoms with Crippen LogP contribution in [0.5, 0.6) is 0 Å². The number of halogens is 1. The summed E-state index contributed by atoms with van der Waals surface area (Å²) in [5.74, 6) is -0.0593. The van der Waals surface area contributed by atoms with Gasteiger partial charge in [0.1, 0.15) is 0 Å². The lowest BCUT2D eigenvalue weighted by Gasteiger charge is -2.14. The summed E-state index contributed by atoms with van der Waals surface area (Å²) in [6.45, 7) is 2.04. The Hall–Kier alpha value is -3.37. The summed E-state index contributed by atoms with van der Waals surface area (Å²) in [5.41, 5.74) is 5.64. The van der Waals surface area contributed by atoms with Crippen LogP contribution in [0.1, 0.15) is 29.3 Å². The van der Waals surface area contributed by atoms with E-state index in [9.17, 15) is 4.79 Å². The smallest absolute Gasteiger partial charge is 0.251 e. The van der Waals surface area contributed by atoms with Crippen LogP contribution in [0.2, 0.25) is 5.02 Å². The summed E-state index contributed by atoms with van der Waals surface area (Å²) >= 11 is 5.96. The Morgan fingerprint density at radius 3 is 2.35 bits per heavy atom. The van der Waals surface area contributed by atoms with Crippen LogP contribution >= 0.6 is 11.6 Å². The van der Waals surface area contributed by atoms with Crippen LogP contribution in [0.15, 0.2) is 84.9 Å². The zero-order chi connectivity index (χ0) is 21.6. The summed E-state index contributed by atoms with van der Waals surface area (Å²) in [6, 6.07) is 27.5. The first-order chi connectivity index (χ1) is 15.1. The van der Waals surface area contributed by atoms with Crippen molar-refractivity contribution in [1.29, 1.82) is 0 Å². The highest BCUT2D eigenvalue weighted by molar-refractivity contribution is 6.30. The molecule has 1 amide bonds. The Labute approximate surface area is 187 Å². The van der Waals surface area contributed by atoms with Crippen LogP contribution in [0.4, 0.5) is 0 Å². The van der Waals surface area contributed by atoms with Crippen LogP contribution < -0.4 is 5.32 Å². The number of rotatable bonds is 7. The van der Waals surface area contributed by atoms with Gasteiger partial charge in [-0.2, -0.15) is 5.10 Å². The van der Waals surface area contributed by atoms with E-state index >= 15 is 0 Å². The minimum Gasteiger partial charge on any atom is -0.350 e. The number of benzene rings is 3. The van der Waals surface area contributed by atoms with Gasteiger partial charge in [-0.25, -0.2) is 0 Å². The molecule has 0 bridgehead atoms. The zero-order valence-electron chi connectivity index (χ0n) is 17.3. The summed E-state index contributed by atoms with van der Waals surface area (Å²) in [4.78, 5) is 12.6. The van der Waals surface area contributed by atoms with Crippen LogP contribution in [0.3, 0.4) is 0 Å². The number of aromatic amines is 1. The van der Waals surface area contributed by atoms with Crippen molar-refractivity contribution in [3.63, 3.8) is 0 Å². The van der Waals surface area contributed by atoms with E-state index in [1.807, 2.05) is 79.7 Å². The molecular formula is C26H24ClN3O. The number of H-pyrrole nitrogens is 1. The maximum Gasteiger partial charge on any atom is 0.251 e. The standard InChI is InChI=1S/C26H24ClN3O/c1-18(7-8-19-5-3-2-4-6-19)28-26(31)22-11-9-20(10-12-22)24-17-25(30-29-24)21-13-15-23(27)16-14-21/h2-6,9-18H,7-8H2,1H3,(H,28,31)(H,29,30)/t18-/m0/s1. The lowest BCUT2D eigenvalue weighted by molar-refractivity contribution is 0.0938. The third-order valence-electron chi connectivity index (χ3n) is 5.26. The summed E-state index contributed by atoms with van der Waals surface area (Å²) in [7, 11) is 0. The highest BCUT2D eigenvalue weighted by atomic mass is 35.5. The first-order valence-electron chi connectivity index (χ1n) is 10.3. The largest absolute Gasteiger partial charge is 0.350 e. The van der Waals surface area contributed by atoms with E-state index in [4.69, 9.17) is 11.6 Å². The van der Waals surface area contributed by atoms with Gasteiger partial charge in [0.15, 0.2) is 0 Å². The average molecular weight is 430 g/mol. The van der Waals surface area contributed by atoms with Crippen molar-refractivity contribution in [1.82, 2.24) is 15.5 Å². The Morgan fingerprint density at radius 2 is 1.65 bits per heavy atom. The SMILES string of the molecule is C[C@@H](CCc1ccccc1)NC(=O)c1ccc(-c2cc(-c3ccc(Cl)cc3)[nH]n2)cc1. The number of aromatic nitrogens is 2.